The van der Waals surface area contributed by atoms with Crippen molar-refractivity contribution in [3.05, 3.63) is 64.4 Å². The zero-order chi connectivity index (χ0) is 21.7. The van der Waals surface area contributed by atoms with Crippen LogP contribution in [0.15, 0.2) is 58.5 Å². The van der Waals surface area contributed by atoms with Gasteiger partial charge in [-0.3, -0.25) is 19.0 Å². The standard InChI is InChI=1S/C22H24N4O3S/c1-4-26-21(29)17-7-5-6-8-18(17)24-22(26)30-14-20(28)25(3)13-19(27)23-16-11-9-15(2)10-12-16/h5-12H,4,13-14H2,1-3H3,(H,23,27). The van der Waals surface area contributed by atoms with Gasteiger partial charge in [-0.1, -0.05) is 41.6 Å². The summed E-state index contributed by atoms with van der Waals surface area (Å²) >= 11 is 1.20. The van der Waals surface area contributed by atoms with E-state index in [4.69, 9.17) is 0 Å². The molecule has 0 atom stereocenters. The van der Waals surface area contributed by atoms with Crippen molar-refractivity contribution in [1.82, 2.24) is 14.5 Å². The molecule has 156 valence electrons. The van der Waals surface area contributed by atoms with E-state index < -0.39 is 0 Å². The zero-order valence-corrected chi connectivity index (χ0v) is 18.0. The van der Waals surface area contributed by atoms with Crippen LogP contribution in [0, 0.1) is 6.92 Å². The number of benzene rings is 2. The summed E-state index contributed by atoms with van der Waals surface area (Å²) in [6, 6.07) is 14.6. The van der Waals surface area contributed by atoms with Crippen LogP contribution < -0.4 is 10.9 Å². The van der Waals surface area contributed by atoms with Gasteiger partial charge in [-0.25, -0.2) is 4.98 Å². The lowest BCUT2D eigenvalue weighted by molar-refractivity contribution is -0.131. The van der Waals surface area contributed by atoms with Crippen molar-refractivity contribution >= 4 is 40.2 Å². The van der Waals surface area contributed by atoms with Gasteiger partial charge in [0.25, 0.3) is 5.56 Å². The highest BCUT2D eigenvalue weighted by molar-refractivity contribution is 7.99. The van der Waals surface area contributed by atoms with Crippen LogP contribution >= 0.6 is 11.8 Å². The van der Waals surface area contributed by atoms with Gasteiger partial charge < -0.3 is 10.2 Å². The molecule has 0 spiro atoms. The molecule has 0 saturated heterocycles. The number of carbonyl (C=O) groups is 2. The number of nitrogens with one attached hydrogen (secondary N) is 1. The maximum atomic E-state index is 12.7. The Morgan fingerprint density at radius 2 is 1.83 bits per heavy atom. The molecule has 0 aliphatic rings. The maximum absolute atomic E-state index is 12.7. The molecule has 30 heavy (non-hydrogen) atoms. The largest absolute Gasteiger partial charge is 0.336 e. The van der Waals surface area contributed by atoms with Crippen molar-refractivity contribution in [2.75, 3.05) is 24.7 Å². The lowest BCUT2D eigenvalue weighted by Crippen LogP contribution is -2.36. The Labute approximate surface area is 179 Å². The number of carbonyl (C=O) groups excluding carboxylic acids is 2. The number of thioether (sulfide) groups is 1. The Kier molecular flexibility index (Phi) is 6.89. The van der Waals surface area contributed by atoms with E-state index >= 15 is 0 Å². The van der Waals surface area contributed by atoms with Crippen LogP contribution in [-0.4, -0.2) is 45.6 Å². The second kappa shape index (κ2) is 9.58. The number of nitrogens with zero attached hydrogens (tertiary/aromatic N) is 3. The third kappa shape index (κ3) is 5.07. The second-order valence-electron chi connectivity index (χ2n) is 6.91. The van der Waals surface area contributed by atoms with E-state index in [2.05, 4.69) is 10.3 Å². The van der Waals surface area contributed by atoms with Crippen LogP contribution in [-0.2, 0) is 16.1 Å². The summed E-state index contributed by atoms with van der Waals surface area (Å²) in [6.07, 6.45) is 0. The average molecular weight is 425 g/mol. The van der Waals surface area contributed by atoms with E-state index in [-0.39, 0.29) is 29.7 Å². The summed E-state index contributed by atoms with van der Waals surface area (Å²) in [4.78, 5) is 43.3. The number of aryl methyl sites for hydroxylation is 1. The minimum absolute atomic E-state index is 0.0565. The molecule has 0 unspecified atom stereocenters. The van der Waals surface area contributed by atoms with Crippen molar-refractivity contribution in [3.63, 3.8) is 0 Å². The molecule has 3 rings (SSSR count). The number of hydrogen-bond acceptors (Lipinski definition) is 5. The number of para-hydroxylation sites is 1. The lowest BCUT2D eigenvalue weighted by atomic mass is 10.2. The molecule has 0 aliphatic carbocycles. The van der Waals surface area contributed by atoms with Crippen molar-refractivity contribution < 1.29 is 9.59 Å². The molecule has 7 nitrogen and oxygen atoms in total. The summed E-state index contributed by atoms with van der Waals surface area (Å²) in [5.41, 5.74) is 2.27. The van der Waals surface area contributed by atoms with Crippen molar-refractivity contribution in [3.8, 4) is 0 Å². The van der Waals surface area contributed by atoms with E-state index in [1.54, 1.807) is 29.8 Å². The number of rotatable bonds is 7. The number of anilines is 1. The van der Waals surface area contributed by atoms with Gasteiger partial charge in [0.15, 0.2) is 5.16 Å². The molecule has 8 heteroatoms. The van der Waals surface area contributed by atoms with Gasteiger partial charge >= 0.3 is 0 Å². The molecular weight excluding hydrogens is 400 g/mol. The highest BCUT2D eigenvalue weighted by atomic mass is 32.2. The van der Waals surface area contributed by atoms with E-state index in [1.165, 1.54) is 16.7 Å². The molecule has 1 N–H and O–H groups in total. The molecule has 2 aromatic carbocycles. The Morgan fingerprint density at radius 1 is 1.13 bits per heavy atom. The van der Waals surface area contributed by atoms with Crippen LogP contribution in [0.1, 0.15) is 12.5 Å². The summed E-state index contributed by atoms with van der Waals surface area (Å²) in [6.45, 7) is 4.24. The Bertz CT molecular complexity index is 1130. The molecule has 3 aromatic rings. The fourth-order valence-electron chi connectivity index (χ4n) is 2.91. The topological polar surface area (TPSA) is 84.3 Å². The van der Waals surface area contributed by atoms with Crippen molar-refractivity contribution in [2.24, 2.45) is 0 Å². The molecule has 1 aromatic heterocycles. The quantitative estimate of drug-likeness (QED) is 0.466. The SMILES string of the molecule is CCn1c(SCC(=O)N(C)CC(=O)Nc2ccc(C)cc2)nc2ccccc2c1=O. The summed E-state index contributed by atoms with van der Waals surface area (Å²) in [7, 11) is 1.58. The van der Waals surface area contributed by atoms with Gasteiger partial charge in [-0.2, -0.15) is 0 Å². The van der Waals surface area contributed by atoms with Gasteiger partial charge in [0.05, 0.1) is 23.2 Å². The molecule has 0 radical (unpaired) electrons. The number of fused-ring (bicyclic) bond motifs is 1. The average Bonchev–Trinajstić information content (AvgIpc) is 2.73. The van der Waals surface area contributed by atoms with Crippen molar-refractivity contribution in [1.29, 1.82) is 0 Å². The van der Waals surface area contributed by atoms with Crippen LogP contribution in [0.2, 0.25) is 0 Å². The number of hydrogen-bond donors (Lipinski definition) is 1. The highest BCUT2D eigenvalue weighted by Crippen LogP contribution is 2.18. The predicted molar refractivity (Wildman–Crippen MR) is 120 cm³/mol. The molecule has 0 bridgehead atoms. The first-order valence-corrected chi connectivity index (χ1v) is 10.6. The first-order chi connectivity index (χ1) is 14.4. The Hall–Kier alpha value is -3.13. The fraction of sp³-hybridized carbons (Fsp3) is 0.273. The first kappa shape index (κ1) is 21.6. The minimum atomic E-state index is -0.269. The summed E-state index contributed by atoms with van der Waals surface area (Å²) in [5.74, 6) is -0.405. The summed E-state index contributed by atoms with van der Waals surface area (Å²) in [5, 5.41) is 3.83. The Morgan fingerprint density at radius 3 is 2.53 bits per heavy atom. The Balaban J connectivity index is 1.62. The first-order valence-electron chi connectivity index (χ1n) is 9.62. The minimum Gasteiger partial charge on any atom is -0.336 e. The summed E-state index contributed by atoms with van der Waals surface area (Å²) < 4.78 is 1.56. The third-order valence-corrected chi connectivity index (χ3v) is 5.57. The smallest absolute Gasteiger partial charge is 0.262 e. The van der Waals surface area contributed by atoms with Crippen LogP contribution in [0.3, 0.4) is 0 Å². The van der Waals surface area contributed by atoms with Crippen molar-refractivity contribution in [2.45, 2.75) is 25.5 Å². The molecule has 0 fully saturated rings. The van der Waals surface area contributed by atoms with Gasteiger partial charge in [-0.05, 0) is 38.1 Å². The molecule has 1 heterocycles. The number of aromatic nitrogens is 2. The van der Waals surface area contributed by atoms with Gasteiger partial charge in [0.1, 0.15) is 0 Å². The molecule has 0 aliphatic heterocycles. The van der Waals surface area contributed by atoms with E-state index in [0.29, 0.717) is 28.3 Å². The van der Waals surface area contributed by atoms with Crippen LogP contribution in [0.5, 0.6) is 0 Å². The van der Waals surface area contributed by atoms with Gasteiger partial charge in [0, 0.05) is 19.3 Å². The van der Waals surface area contributed by atoms with Gasteiger partial charge in [0.2, 0.25) is 11.8 Å². The molecular formula is C22H24N4O3S. The number of amides is 2. The zero-order valence-electron chi connectivity index (χ0n) is 17.2. The molecule has 2 amide bonds. The second-order valence-corrected chi connectivity index (χ2v) is 7.86. The lowest BCUT2D eigenvalue weighted by Gasteiger charge is -2.17. The molecule has 0 saturated carbocycles. The number of likely N-dealkylation sites (N-methyl/N-ethyl adjacent to an activating group) is 1. The highest BCUT2D eigenvalue weighted by Gasteiger charge is 2.16. The normalized spacial score (nSPS) is 10.8. The third-order valence-electron chi connectivity index (χ3n) is 4.61. The van der Waals surface area contributed by atoms with E-state index in [0.717, 1.165) is 5.56 Å². The predicted octanol–water partition coefficient (Wildman–Crippen LogP) is 2.91. The van der Waals surface area contributed by atoms with Crippen LogP contribution in [0.4, 0.5) is 5.69 Å². The fourth-order valence-corrected chi connectivity index (χ4v) is 3.92. The maximum Gasteiger partial charge on any atom is 0.262 e. The van der Waals surface area contributed by atoms with Gasteiger partial charge in [-0.15, -0.1) is 0 Å². The van der Waals surface area contributed by atoms with E-state index in [1.807, 2.05) is 44.2 Å². The van der Waals surface area contributed by atoms with E-state index in [9.17, 15) is 14.4 Å². The monoisotopic (exact) mass is 424 g/mol. The van der Waals surface area contributed by atoms with Crippen LogP contribution in [0.25, 0.3) is 10.9 Å².